The van der Waals surface area contributed by atoms with Crippen LogP contribution < -0.4 is 15.5 Å². The van der Waals surface area contributed by atoms with Crippen LogP contribution in [0, 0.1) is 5.92 Å². The van der Waals surface area contributed by atoms with Gasteiger partial charge in [0, 0.05) is 32.1 Å². The van der Waals surface area contributed by atoms with Gasteiger partial charge in [0.15, 0.2) is 11.1 Å². The van der Waals surface area contributed by atoms with Gasteiger partial charge in [0.1, 0.15) is 0 Å². The molecule has 142 valence electrons. The minimum absolute atomic E-state index is 0.0316. The first-order valence-electron chi connectivity index (χ1n) is 8.53. The van der Waals surface area contributed by atoms with E-state index >= 15 is 0 Å². The fraction of sp³-hybridized carbons (Fsp3) is 0.750. The van der Waals surface area contributed by atoms with Crippen LogP contribution in [0.2, 0.25) is 0 Å². The summed E-state index contributed by atoms with van der Waals surface area (Å²) < 4.78 is 38.3. The second kappa shape index (κ2) is 8.73. The van der Waals surface area contributed by atoms with E-state index in [9.17, 15) is 13.2 Å². The zero-order chi connectivity index (χ0) is 18.4. The van der Waals surface area contributed by atoms with Crippen LogP contribution in [0.4, 0.5) is 18.3 Å². The molecule has 0 radical (unpaired) electrons. The van der Waals surface area contributed by atoms with Gasteiger partial charge in [0.2, 0.25) is 0 Å². The van der Waals surface area contributed by atoms with Crippen molar-refractivity contribution in [3.05, 3.63) is 11.1 Å². The third-order valence-electron chi connectivity index (χ3n) is 4.20. The SMILES string of the molecule is CCNC(=NCc1csc(N(C)C)n1)NC1CCC(C(F)(F)F)CC1. The van der Waals surface area contributed by atoms with E-state index in [0.29, 0.717) is 31.9 Å². The number of aliphatic imine (C=N–C) groups is 1. The van der Waals surface area contributed by atoms with Crippen molar-refractivity contribution in [1.29, 1.82) is 0 Å². The number of thiazole rings is 1. The van der Waals surface area contributed by atoms with E-state index < -0.39 is 12.1 Å². The van der Waals surface area contributed by atoms with Gasteiger partial charge >= 0.3 is 6.18 Å². The molecule has 1 fully saturated rings. The van der Waals surface area contributed by atoms with Crippen LogP contribution in [0.15, 0.2) is 10.4 Å². The molecule has 0 unspecified atom stereocenters. The maximum atomic E-state index is 12.8. The minimum Gasteiger partial charge on any atom is -0.357 e. The Bertz CT molecular complexity index is 562. The monoisotopic (exact) mass is 377 g/mol. The summed E-state index contributed by atoms with van der Waals surface area (Å²) >= 11 is 1.56. The number of anilines is 1. The molecule has 25 heavy (non-hydrogen) atoms. The van der Waals surface area contributed by atoms with Crippen molar-refractivity contribution >= 4 is 22.4 Å². The summed E-state index contributed by atoms with van der Waals surface area (Å²) in [6.07, 6.45) is -2.69. The molecule has 0 spiro atoms. The van der Waals surface area contributed by atoms with Crippen molar-refractivity contribution in [2.24, 2.45) is 10.9 Å². The van der Waals surface area contributed by atoms with Gasteiger partial charge in [-0.05, 0) is 32.6 Å². The molecule has 2 rings (SSSR count). The molecule has 2 N–H and O–H groups in total. The quantitative estimate of drug-likeness (QED) is 0.610. The Balaban J connectivity index is 1.89. The van der Waals surface area contributed by atoms with Crippen molar-refractivity contribution in [3.8, 4) is 0 Å². The predicted octanol–water partition coefficient (Wildman–Crippen LogP) is 3.39. The van der Waals surface area contributed by atoms with Crippen LogP contribution >= 0.6 is 11.3 Å². The molecule has 0 saturated heterocycles. The molecule has 1 aromatic heterocycles. The zero-order valence-corrected chi connectivity index (χ0v) is 15.7. The van der Waals surface area contributed by atoms with E-state index in [0.717, 1.165) is 10.8 Å². The third-order valence-corrected chi connectivity index (χ3v) is 5.25. The number of hydrogen-bond donors (Lipinski definition) is 2. The van der Waals surface area contributed by atoms with Crippen molar-refractivity contribution in [2.75, 3.05) is 25.5 Å². The average Bonchev–Trinajstić information content (AvgIpc) is 3.02. The smallest absolute Gasteiger partial charge is 0.357 e. The van der Waals surface area contributed by atoms with Gasteiger partial charge in [-0.25, -0.2) is 9.98 Å². The van der Waals surface area contributed by atoms with E-state index in [1.807, 2.05) is 31.3 Å². The summed E-state index contributed by atoms with van der Waals surface area (Å²) in [6.45, 7) is 3.10. The van der Waals surface area contributed by atoms with Crippen LogP contribution in [0.3, 0.4) is 0 Å². The van der Waals surface area contributed by atoms with Gasteiger partial charge in [-0.2, -0.15) is 13.2 Å². The second-order valence-corrected chi connectivity index (χ2v) is 7.28. The van der Waals surface area contributed by atoms with E-state index in [-0.39, 0.29) is 18.9 Å². The van der Waals surface area contributed by atoms with Gasteiger partial charge in [0.05, 0.1) is 18.2 Å². The zero-order valence-electron chi connectivity index (χ0n) is 14.9. The fourth-order valence-electron chi connectivity index (χ4n) is 2.81. The summed E-state index contributed by atoms with van der Waals surface area (Å²) in [5.74, 6) is -0.526. The number of aromatic nitrogens is 1. The molecule has 5 nitrogen and oxygen atoms in total. The summed E-state index contributed by atoms with van der Waals surface area (Å²) in [6, 6.07) is 0.0316. The van der Waals surface area contributed by atoms with E-state index in [2.05, 4.69) is 20.6 Å². The van der Waals surface area contributed by atoms with Crippen LogP contribution in [0.5, 0.6) is 0 Å². The second-order valence-electron chi connectivity index (χ2n) is 6.45. The highest BCUT2D eigenvalue weighted by molar-refractivity contribution is 7.13. The summed E-state index contributed by atoms with van der Waals surface area (Å²) in [5.41, 5.74) is 0.881. The van der Waals surface area contributed by atoms with Gasteiger partial charge in [-0.1, -0.05) is 0 Å². The van der Waals surface area contributed by atoms with Crippen LogP contribution in [0.25, 0.3) is 0 Å². The molecule has 1 saturated carbocycles. The standard InChI is InChI=1S/C16H26F3N5S/c1-4-20-14(21-9-13-10-25-15(23-13)24(2)3)22-12-7-5-11(6-8-12)16(17,18)19/h10-12H,4-9H2,1-3H3,(H2,20,21,22). The largest absolute Gasteiger partial charge is 0.391 e. The summed E-state index contributed by atoms with van der Waals surface area (Å²) in [5, 5.41) is 9.31. The molecule has 1 heterocycles. The minimum atomic E-state index is -4.07. The average molecular weight is 377 g/mol. The Morgan fingerprint density at radius 1 is 1.32 bits per heavy atom. The van der Waals surface area contributed by atoms with E-state index in [4.69, 9.17) is 0 Å². The molecular weight excluding hydrogens is 351 g/mol. The van der Waals surface area contributed by atoms with Crippen LogP contribution in [-0.4, -0.2) is 43.8 Å². The summed E-state index contributed by atoms with van der Waals surface area (Å²) in [7, 11) is 3.88. The lowest BCUT2D eigenvalue weighted by Gasteiger charge is -2.31. The molecule has 1 aliphatic carbocycles. The highest BCUT2D eigenvalue weighted by Gasteiger charge is 2.41. The number of guanidine groups is 1. The van der Waals surface area contributed by atoms with Crippen LogP contribution in [0.1, 0.15) is 38.3 Å². The Labute approximate surface area is 150 Å². The van der Waals surface area contributed by atoms with E-state index in [1.54, 1.807) is 11.3 Å². The first-order chi connectivity index (χ1) is 11.8. The Hall–Kier alpha value is -1.51. The van der Waals surface area contributed by atoms with Gasteiger partial charge < -0.3 is 15.5 Å². The number of halogens is 3. The molecule has 1 aromatic rings. The Kier molecular flexibility index (Phi) is 6.92. The maximum Gasteiger partial charge on any atom is 0.391 e. The number of nitrogens with zero attached hydrogens (tertiary/aromatic N) is 3. The summed E-state index contributed by atoms with van der Waals surface area (Å²) in [4.78, 5) is 10.9. The molecule has 1 aliphatic rings. The van der Waals surface area contributed by atoms with E-state index in [1.165, 1.54) is 0 Å². The Morgan fingerprint density at radius 3 is 2.52 bits per heavy atom. The molecule has 0 amide bonds. The lowest BCUT2D eigenvalue weighted by atomic mass is 9.85. The molecule has 9 heteroatoms. The predicted molar refractivity (Wildman–Crippen MR) is 96.2 cm³/mol. The first kappa shape index (κ1) is 19.8. The molecular formula is C16H26F3N5S. The third kappa shape index (κ3) is 6.05. The first-order valence-corrected chi connectivity index (χ1v) is 9.40. The highest BCUT2D eigenvalue weighted by Crippen LogP contribution is 2.37. The van der Waals surface area contributed by atoms with Gasteiger partial charge in [-0.15, -0.1) is 11.3 Å². The van der Waals surface area contributed by atoms with Gasteiger partial charge in [-0.3, -0.25) is 0 Å². The lowest BCUT2D eigenvalue weighted by molar-refractivity contribution is -0.182. The Morgan fingerprint density at radius 2 is 2.00 bits per heavy atom. The normalized spacial score (nSPS) is 21.9. The topological polar surface area (TPSA) is 52.6 Å². The molecule has 0 aliphatic heterocycles. The molecule has 0 atom stereocenters. The van der Waals surface area contributed by atoms with Gasteiger partial charge in [0.25, 0.3) is 0 Å². The highest BCUT2D eigenvalue weighted by atomic mass is 32.1. The molecule has 0 aromatic carbocycles. The molecule has 0 bridgehead atoms. The van der Waals surface area contributed by atoms with Crippen molar-refractivity contribution in [2.45, 2.75) is 51.4 Å². The van der Waals surface area contributed by atoms with Crippen molar-refractivity contribution < 1.29 is 13.2 Å². The number of rotatable bonds is 5. The van der Waals surface area contributed by atoms with Crippen molar-refractivity contribution in [3.63, 3.8) is 0 Å². The van der Waals surface area contributed by atoms with Crippen LogP contribution in [-0.2, 0) is 6.54 Å². The lowest BCUT2D eigenvalue weighted by Crippen LogP contribution is -2.45. The maximum absolute atomic E-state index is 12.8. The number of alkyl halides is 3. The number of nitrogens with one attached hydrogen (secondary N) is 2. The van der Waals surface area contributed by atoms with Crippen molar-refractivity contribution in [1.82, 2.24) is 15.6 Å². The fourth-order valence-corrected chi connectivity index (χ4v) is 3.56. The number of hydrogen-bond acceptors (Lipinski definition) is 4.